The maximum absolute atomic E-state index is 12.8. The molecule has 1 saturated heterocycles. The summed E-state index contributed by atoms with van der Waals surface area (Å²) in [6, 6.07) is -2.77. The van der Waals surface area contributed by atoms with Crippen molar-refractivity contribution in [3.63, 3.8) is 0 Å². The Morgan fingerprint density at radius 3 is 2.31 bits per heavy atom. The molecule has 1 fully saturated rings. The van der Waals surface area contributed by atoms with Gasteiger partial charge in [-0.25, -0.2) is 0 Å². The monoisotopic (exact) mass is 240 g/mol. The van der Waals surface area contributed by atoms with E-state index in [2.05, 4.69) is 0 Å². The van der Waals surface area contributed by atoms with Gasteiger partial charge in [-0.2, -0.15) is 13.2 Å². The topological polar surface area (TPSA) is 38.5 Å². The summed E-state index contributed by atoms with van der Waals surface area (Å²) in [7, 11) is 1.47. The number of likely N-dealkylation sites (N-methyl/N-ethyl adjacent to an activating group) is 1. The van der Waals surface area contributed by atoms with Gasteiger partial charge in [-0.05, 0) is 27.3 Å². The van der Waals surface area contributed by atoms with Gasteiger partial charge in [0.1, 0.15) is 6.04 Å². The second-order valence-electron chi connectivity index (χ2n) is 4.44. The SMILES string of the molecule is CC(N)C(N(C)C1CCOC1C)C(F)(F)F. The third kappa shape index (κ3) is 2.87. The highest BCUT2D eigenvalue weighted by Gasteiger charge is 2.47. The first-order valence-electron chi connectivity index (χ1n) is 5.41. The Kier molecular flexibility index (Phi) is 4.20. The van der Waals surface area contributed by atoms with Crippen LogP contribution in [-0.4, -0.2) is 49.0 Å². The molecule has 1 aliphatic heterocycles. The Morgan fingerprint density at radius 1 is 1.44 bits per heavy atom. The first kappa shape index (κ1) is 13.7. The number of hydrogen-bond donors (Lipinski definition) is 1. The Balaban J connectivity index is 2.78. The summed E-state index contributed by atoms with van der Waals surface area (Å²) >= 11 is 0. The third-order valence-electron chi connectivity index (χ3n) is 3.13. The average molecular weight is 240 g/mol. The van der Waals surface area contributed by atoms with Crippen molar-refractivity contribution < 1.29 is 17.9 Å². The summed E-state index contributed by atoms with van der Waals surface area (Å²) in [5, 5.41) is 0. The molecular formula is C10H19F3N2O. The van der Waals surface area contributed by atoms with Crippen LogP contribution in [0.2, 0.25) is 0 Å². The van der Waals surface area contributed by atoms with Gasteiger partial charge >= 0.3 is 6.18 Å². The predicted octanol–water partition coefficient (Wildman–Crippen LogP) is 1.37. The molecule has 1 aliphatic rings. The average Bonchev–Trinajstić information content (AvgIpc) is 2.47. The van der Waals surface area contributed by atoms with Crippen LogP contribution < -0.4 is 5.73 Å². The molecule has 6 heteroatoms. The molecule has 0 aromatic heterocycles. The van der Waals surface area contributed by atoms with Crippen LogP contribution in [0.5, 0.6) is 0 Å². The Labute approximate surface area is 93.7 Å². The van der Waals surface area contributed by atoms with Crippen LogP contribution in [0.1, 0.15) is 20.3 Å². The van der Waals surface area contributed by atoms with Gasteiger partial charge in [0.2, 0.25) is 0 Å². The molecule has 96 valence electrons. The van der Waals surface area contributed by atoms with Crippen molar-refractivity contribution in [1.82, 2.24) is 4.90 Å². The number of nitrogens with two attached hydrogens (primary N) is 1. The molecule has 0 amide bonds. The van der Waals surface area contributed by atoms with E-state index in [4.69, 9.17) is 10.5 Å². The van der Waals surface area contributed by atoms with Crippen molar-refractivity contribution in [2.24, 2.45) is 5.73 Å². The lowest BCUT2D eigenvalue weighted by Crippen LogP contribution is -2.57. The van der Waals surface area contributed by atoms with E-state index in [1.807, 2.05) is 0 Å². The van der Waals surface area contributed by atoms with Crippen molar-refractivity contribution in [2.45, 2.75) is 50.7 Å². The zero-order valence-electron chi connectivity index (χ0n) is 9.79. The van der Waals surface area contributed by atoms with Crippen LogP contribution in [0, 0.1) is 0 Å². The van der Waals surface area contributed by atoms with E-state index < -0.39 is 18.3 Å². The lowest BCUT2D eigenvalue weighted by Gasteiger charge is -2.37. The minimum atomic E-state index is -4.30. The summed E-state index contributed by atoms with van der Waals surface area (Å²) in [5.41, 5.74) is 5.43. The minimum absolute atomic E-state index is 0.173. The quantitative estimate of drug-likeness (QED) is 0.809. The minimum Gasteiger partial charge on any atom is -0.377 e. The molecule has 0 aromatic carbocycles. The Morgan fingerprint density at radius 2 is 2.00 bits per heavy atom. The summed E-state index contributed by atoms with van der Waals surface area (Å²) in [6.07, 6.45) is -3.85. The summed E-state index contributed by atoms with van der Waals surface area (Å²) in [5.74, 6) is 0. The van der Waals surface area contributed by atoms with Crippen LogP contribution in [0.4, 0.5) is 13.2 Å². The fraction of sp³-hybridized carbons (Fsp3) is 1.00. The zero-order valence-corrected chi connectivity index (χ0v) is 9.79. The van der Waals surface area contributed by atoms with E-state index in [1.165, 1.54) is 18.9 Å². The molecule has 0 saturated carbocycles. The van der Waals surface area contributed by atoms with E-state index in [9.17, 15) is 13.2 Å². The molecule has 2 N–H and O–H groups in total. The van der Waals surface area contributed by atoms with Crippen LogP contribution in [0.3, 0.4) is 0 Å². The normalized spacial score (nSPS) is 30.8. The molecule has 0 radical (unpaired) electrons. The molecule has 3 nitrogen and oxygen atoms in total. The van der Waals surface area contributed by atoms with Gasteiger partial charge < -0.3 is 10.5 Å². The summed E-state index contributed by atoms with van der Waals surface area (Å²) in [4.78, 5) is 1.31. The van der Waals surface area contributed by atoms with Crippen molar-refractivity contribution in [3.8, 4) is 0 Å². The van der Waals surface area contributed by atoms with Crippen LogP contribution >= 0.6 is 0 Å². The molecule has 0 aromatic rings. The highest BCUT2D eigenvalue weighted by atomic mass is 19.4. The molecule has 16 heavy (non-hydrogen) atoms. The van der Waals surface area contributed by atoms with Gasteiger partial charge in [-0.3, -0.25) is 4.90 Å². The third-order valence-corrected chi connectivity index (χ3v) is 3.13. The van der Waals surface area contributed by atoms with E-state index in [0.29, 0.717) is 13.0 Å². The van der Waals surface area contributed by atoms with Gasteiger partial charge in [0.15, 0.2) is 0 Å². The summed E-state index contributed by atoms with van der Waals surface area (Å²) < 4.78 is 43.8. The highest BCUT2D eigenvalue weighted by Crippen LogP contribution is 2.30. The van der Waals surface area contributed by atoms with Gasteiger partial charge in [-0.15, -0.1) is 0 Å². The van der Waals surface area contributed by atoms with E-state index >= 15 is 0 Å². The summed E-state index contributed by atoms with van der Waals surface area (Å²) in [6.45, 7) is 3.69. The molecule has 1 heterocycles. The van der Waals surface area contributed by atoms with Crippen LogP contribution in [0.25, 0.3) is 0 Å². The number of hydrogen-bond acceptors (Lipinski definition) is 3. The number of ether oxygens (including phenoxy) is 1. The predicted molar refractivity (Wildman–Crippen MR) is 55.1 cm³/mol. The molecule has 0 bridgehead atoms. The van der Waals surface area contributed by atoms with Gasteiger partial charge in [0.05, 0.1) is 6.10 Å². The zero-order chi connectivity index (χ0) is 12.5. The van der Waals surface area contributed by atoms with Gasteiger partial charge in [0, 0.05) is 18.7 Å². The largest absolute Gasteiger partial charge is 0.405 e. The first-order chi connectivity index (χ1) is 7.25. The van der Waals surface area contributed by atoms with E-state index in [0.717, 1.165) is 0 Å². The first-order valence-corrected chi connectivity index (χ1v) is 5.41. The Bertz CT molecular complexity index is 233. The Hall–Kier alpha value is -0.330. The molecular weight excluding hydrogens is 221 g/mol. The molecule has 4 unspecified atom stereocenters. The van der Waals surface area contributed by atoms with Crippen molar-refractivity contribution in [1.29, 1.82) is 0 Å². The van der Waals surface area contributed by atoms with Crippen molar-refractivity contribution in [2.75, 3.05) is 13.7 Å². The van der Waals surface area contributed by atoms with Gasteiger partial charge in [-0.1, -0.05) is 0 Å². The lowest BCUT2D eigenvalue weighted by atomic mass is 10.0. The number of halogens is 3. The molecule has 4 atom stereocenters. The fourth-order valence-corrected chi connectivity index (χ4v) is 2.36. The second-order valence-corrected chi connectivity index (χ2v) is 4.44. The van der Waals surface area contributed by atoms with E-state index in [-0.39, 0.29) is 12.1 Å². The maximum Gasteiger partial charge on any atom is 0.405 e. The smallest absolute Gasteiger partial charge is 0.377 e. The van der Waals surface area contributed by atoms with Crippen LogP contribution in [-0.2, 0) is 4.74 Å². The standard InChI is InChI=1S/C10H19F3N2O/c1-6(14)9(10(11,12)13)15(3)8-4-5-16-7(8)2/h6-9H,4-5,14H2,1-3H3. The van der Waals surface area contributed by atoms with Crippen molar-refractivity contribution >= 4 is 0 Å². The fourth-order valence-electron chi connectivity index (χ4n) is 2.36. The molecule has 0 spiro atoms. The number of nitrogens with zero attached hydrogens (tertiary/aromatic N) is 1. The lowest BCUT2D eigenvalue weighted by molar-refractivity contribution is -0.191. The number of rotatable bonds is 3. The van der Waals surface area contributed by atoms with E-state index in [1.54, 1.807) is 6.92 Å². The van der Waals surface area contributed by atoms with Gasteiger partial charge in [0.25, 0.3) is 0 Å². The van der Waals surface area contributed by atoms with Crippen LogP contribution in [0.15, 0.2) is 0 Å². The highest BCUT2D eigenvalue weighted by molar-refractivity contribution is 4.91. The second kappa shape index (κ2) is 4.89. The van der Waals surface area contributed by atoms with Crippen molar-refractivity contribution in [3.05, 3.63) is 0 Å². The molecule has 1 rings (SSSR count). The maximum atomic E-state index is 12.8. The number of alkyl halides is 3. The molecule has 0 aliphatic carbocycles.